The van der Waals surface area contributed by atoms with Crippen LogP contribution in [-0.2, 0) is 4.74 Å². The van der Waals surface area contributed by atoms with E-state index in [1.807, 2.05) is 12.4 Å². The third-order valence-electron chi connectivity index (χ3n) is 4.00. The molecule has 0 bridgehead atoms. The molecule has 0 aromatic carbocycles. The Morgan fingerprint density at radius 2 is 2.05 bits per heavy atom. The highest BCUT2D eigenvalue weighted by molar-refractivity contribution is 5.44. The molecule has 2 rings (SSSR count). The maximum absolute atomic E-state index is 5.31. The minimum Gasteiger partial charge on any atom is -0.383 e. The number of nitrogens with zero attached hydrogens (tertiary/aromatic N) is 2. The van der Waals surface area contributed by atoms with Gasteiger partial charge in [-0.1, -0.05) is 13.3 Å². The minimum absolute atomic E-state index is 0.502. The monoisotopic (exact) mass is 277 g/mol. The van der Waals surface area contributed by atoms with E-state index < -0.39 is 0 Å². The summed E-state index contributed by atoms with van der Waals surface area (Å²) < 4.78 is 5.31. The van der Waals surface area contributed by atoms with Gasteiger partial charge in [-0.25, -0.2) is 0 Å². The standard InChI is InChI=1S/C16H27N3O/c1-3-4-15(13-20-2)18-14-7-11-19(12-8-14)16-5-9-17-10-6-16/h5-6,9-10,14-15,18H,3-4,7-8,11-13H2,1-2H3. The van der Waals surface area contributed by atoms with Crippen molar-refractivity contribution in [3.05, 3.63) is 24.5 Å². The number of hydrogen-bond acceptors (Lipinski definition) is 4. The molecule has 0 radical (unpaired) electrons. The van der Waals surface area contributed by atoms with Crippen molar-refractivity contribution in [2.75, 3.05) is 31.7 Å². The van der Waals surface area contributed by atoms with E-state index in [0.717, 1.165) is 19.7 Å². The van der Waals surface area contributed by atoms with Crippen LogP contribution in [0, 0.1) is 0 Å². The van der Waals surface area contributed by atoms with Crippen molar-refractivity contribution in [1.82, 2.24) is 10.3 Å². The summed E-state index contributed by atoms with van der Waals surface area (Å²) in [6, 6.07) is 5.32. The van der Waals surface area contributed by atoms with Crippen LogP contribution in [0.15, 0.2) is 24.5 Å². The number of pyridine rings is 1. The van der Waals surface area contributed by atoms with Crippen molar-refractivity contribution in [1.29, 1.82) is 0 Å². The van der Waals surface area contributed by atoms with Crippen LogP contribution in [0.3, 0.4) is 0 Å². The molecule has 112 valence electrons. The summed E-state index contributed by atoms with van der Waals surface area (Å²) in [6.07, 6.45) is 8.54. The molecule has 1 atom stereocenters. The zero-order valence-corrected chi connectivity index (χ0v) is 12.7. The summed E-state index contributed by atoms with van der Waals surface area (Å²) in [4.78, 5) is 6.53. The highest BCUT2D eigenvalue weighted by Gasteiger charge is 2.21. The van der Waals surface area contributed by atoms with E-state index in [0.29, 0.717) is 12.1 Å². The maximum atomic E-state index is 5.31. The number of aromatic nitrogens is 1. The molecular formula is C16H27N3O. The van der Waals surface area contributed by atoms with Gasteiger partial charge in [0.25, 0.3) is 0 Å². The zero-order chi connectivity index (χ0) is 14.2. The van der Waals surface area contributed by atoms with E-state index in [9.17, 15) is 0 Å². The average Bonchev–Trinajstić information content (AvgIpc) is 2.49. The smallest absolute Gasteiger partial charge is 0.0615 e. The van der Waals surface area contributed by atoms with Gasteiger partial charge in [0.15, 0.2) is 0 Å². The Morgan fingerprint density at radius 3 is 2.65 bits per heavy atom. The van der Waals surface area contributed by atoms with Crippen LogP contribution in [0.25, 0.3) is 0 Å². The van der Waals surface area contributed by atoms with Crippen molar-refractivity contribution in [3.8, 4) is 0 Å². The lowest BCUT2D eigenvalue weighted by Gasteiger charge is -2.35. The van der Waals surface area contributed by atoms with E-state index >= 15 is 0 Å². The predicted octanol–water partition coefficient (Wildman–Crippen LogP) is 2.46. The van der Waals surface area contributed by atoms with Gasteiger partial charge in [-0.15, -0.1) is 0 Å². The third-order valence-corrected chi connectivity index (χ3v) is 4.00. The second kappa shape index (κ2) is 8.22. The number of ether oxygens (including phenoxy) is 1. The molecule has 0 amide bonds. The van der Waals surface area contributed by atoms with Crippen molar-refractivity contribution < 1.29 is 4.74 Å². The molecule has 1 unspecified atom stereocenters. The second-order valence-electron chi connectivity index (χ2n) is 5.57. The first-order chi connectivity index (χ1) is 9.83. The molecule has 1 aromatic heterocycles. The van der Waals surface area contributed by atoms with Crippen LogP contribution in [0.5, 0.6) is 0 Å². The SMILES string of the molecule is CCCC(COC)NC1CCN(c2ccncc2)CC1. The summed E-state index contributed by atoms with van der Waals surface area (Å²) in [5, 5.41) is 3.77. The van der Waals surface area contributed by atoms with Crippen molar-refractivity contribution >= 4 is 5.69 Å². The van der Waals surface area contributed by atoms with Crippen molar-refractivity contribution in [2.45, 2.75) is 44.7 Å². The van der Waals surface area contributed by atoms with Gasteiger partial charge >= 0.3 is 0 Å². The van der Waals surface area contributed by atoms with Crippen LogP contribution in [0.4, 0.5) is 5.69 Å². The Labute approximate surface area is 122 Å². The van der Waals surface area contributed by atoms with Gasteiger partial charge in [-0.3, -0.25) is 4.98 Å². The van der Waals surface area contributed by atoms with E-state index in [1.54, 1.807) is 7.11 Å². The van der Waals surface area contributed by atoms with Gasteiger partial charge in [0.05, 0.1) is 6.61 Å². The van der Waals surface area contributed by atoms with Gasteiger partial charge in [0.2, 0.25) is 0 Å². The fourth-order valence-corrected chi connectivity index (χ4v) is 2.96. The lowest BCUT2D eigenvalue weighted by Crippen LogP contribution is -2.47. The molecule has 1 aliphatic rings. The molecule has 1 fully saturated rings. The van der Waals surface area contributed by atoms with Crippen LogP contribution >= 0.6 is 0 Å². The summed E-state index contributed by atoms with van der Waals surface area (Å²) in [5.41, 5.74) is 1.29. The van der Waals surface area contributed by atoms with Gasteiger partial charge in [-0.05, 0) is 31.4 Å². The molecule has 2 heterocycles. The quantitative estimate of drug-likeness (QED) is 0.831. The van der Waals surface area contributed by atoms with Crippen molar-refractivity contribution in [3.63, 3.8) is 0 Å². The van der Waals surface area contributed by atoms with Crippen LogP contribution in [0.1, 0.15) is 32.6 Å². The predicted molar refractivity (Wildman–Crippen MR) is 83.2 cm³/mol. The number of hydrogen-bond donors (Lipinski definition) is 1. The Hall–Kier alpha value is -1.13. The van der Waals surface area contributed by atoms with Crippen LogP contribution in [0.2, 0.25) is 0 Å². The fraction of sp³-hybridized carbons (Fsp3) is 0.688. The van der Waals surface area contributed by atoms with E-state index in [-0.39, 0.29) is 0 Å². The number of anilines is 1. The summed E-state index contributed by atoms with van der Waals surface area (Å²) in [6.45, 7) is 5.29. The Bertz CT molecular complexity index is 357. The van der Waals surface area contributed by atoms with Gasteiger partial charge in [-0.2, -0.15) is 0 Å². The molecule has 1 aliphatic heterocycles. The topological polar surface area (TPSA) is 37.4 Å². The van der Waals surface area contributed by atoms with Gasteiger partial charge in [0.1, 0.15) is 0 Å². The molecule has 1 saturated heterocycles. The molecule has 1 N–H and O–H groups in total. The Balaban J connectivity index is 1.79. The average molecular weight is 277 g/mol. The van der Waals surface area contributed by atoms with E-state index in [2.05, 4.69) is 34.3 Å². The molecule has 0 saturated carbocycles. The molecular weight excluding hydrogens is 250 g/mol. The highest BCUT2D eigenvalue weighted by Crippen LogP contribution is 2.19. The Morgan fingerprint density at radius 1 is 1.35 bits per heavy atom. The normalized spacial score (nSPS) is 18.2. The fourth-order valence-electron chi connectivity index (χ4n) is 2.96. The lowest BCUT2D eigenvalue weighted by molar-refractivity contribution is 0.153. The minimum atomic E-state index is 0.502. The lowest BCUT2D eigenvalue weighted by atomic mass is 10.0. The molecule has 4 heteroatoms. The van der Waals surface area contributed by atoms with Gasteiger partial charge < -0.3 is 15.0 Å². The number of methoxy groups -OCH3 is 1. The maximum Gasteiger partial charge on any atom is 0.0615 e. The number of piperidine rings is 1. The Kier molecular flexibility index (Phi) is 6.27. The molecule has 20 heavy (non-hydrogen) atoms. The van der Waals surface area contributed by atoms with Crippen molar-refractivity contribution in [2.24, 2.45) is 0 Å². The summed E-state index contributed by atoms with van der Waals surface area (Å²) >= 11 is 0. The summed E-state index contributed by atoms with van der Waals surface area (Å²) in [5.74, 6) is 0. The van der Waals surface area contributed by atoms with Gasteiger partial charge in [0, 0.05) is 50.4 Å². The first kappa shape index (κ1) is 15.3. The first-order valence-electron chi connectivity index (χ1n) is 7.73. The highest BCUT2D eigenvalue weighted by atomic mass is 16.5. The molecule has 0 aliphatic carbocycles. The first-order valence-corrected chi connectivity index (χ1v) is 7.73. The zero-order valence-electron chi connectivity index (χ0n) is 12.7. The largest absolute Gasteiger partial charge is 0.383 e. The molecule has 4 nitrogen and oxygen atoms in total. The number of rotatable bonds is 7. The van der Waals surface area contributed by atoms with E-state index in [1.165, 1.54) is 31.4 Å². The molecule has 0 spiro atoms. The number of nitrogens with one attached hydrogen (secondary N) is 1. The second-order valence-corrected chi connectivity index (χ2v) is 5.57. The summed E-state index contributed by atoms with van der Waals surface area (Å²) in [7, 11) is 1.79. The third kappa shape index (κ3) is 4.46. The molecule has 1 aromatic rings. The van der Waals surface area contributed by atoms with Crippen LogP contribution < -0.4 is 10.2 Å². The van der Waals surface area contributed by atoms with Crippen LogP contribution in [-0.4, -0.2) is 43.9 Å². The van der Waals surface area contributed by atoms with E-state index in [4.69, 9.17) is 4.74 Å².